The van der Waals surface area contributed by atoms with Crippen LogP contribution in [0.15, 0.2) is 18.9 Å². The van der Waals surface area contributed by atoms with Crippen molar-refractivity contribution in [3.05, 3.63) is 18.9 Å². The summed E-state index contributed by atoms with van der Waals surface area (Å²) in [4.78, 5) is 11.9. The number of alkyl halides is 1. The molecular formula is C10H11ClN4O4. The lowest BCUT2D eigenvalue weighted by atomic mass is 10.1. The summed E-state index contributed by atoms with van der Waals surface area (Å²) < 4.78 is 6.84. The van der Waals surface area contributed by atoms with Gasteiger partial charge in [-0.05, 0) is 0 Å². The van der Waals surface area contributed by atoms with Crippen LogP contribution in [0.4, 0.5) is 0 Å². The van der Waals surface area contributed by atoms with Crippen molar-refractivity contribution in [2.24, 2.45) is 0 Å². The van der Waals surface area contributed by atoms with Gasteiger partial charge in [0.25, 0.3) is 0 Å². The Kier molecular flexibility index (Phi) is 3.11. The molecule has 19 heavy (non-hydrogen) atoms. The number of imidazole rings is 1. The van der Waals surface area contributed by atoms with Crippen molar-refractivity contribution in [2.75, 3.05) is 0 Å². The second-order valence-corrected chi connectivity index (χ2v) is 4.68. The van der Waals surface area contributed by atoms with Crippen molar-refractivity contribution in [1.82, 2.24) is 19.5 Å². The molecule has 1 aliphatic heterocycles. The van der Waals surface area contributed by atoms with Crippen LogP contribution in [-0.2, 0) is 4.74 Å². The molecule has 1 fully saturated rings. The number of fused-ring (bicyclic) bond motifs is 1. The molecule has 8 nitrogen and oxygen atoms in total. The van der Waals surface area contributed by atoms with Crippen LogP contribution >= 0.6 is 11.6 Å². The fourth-order valence-electron chi connectivity index (χ4n) is 2.11. The molecule has 0 aliphatic carbocycles. The average molecular weight is 287 g/mol. The quantitative estimate of drug-likeness (QED) is 0.607. The second-order valence-electron chi connectivity index (χ2n) is 4.23. The first-order valence-corrected chi connectivity index (χ1v) is 5.99. The number of aliphatic hydroxyl groups is 3. The first-order valence-electron chi connectivity index (χ1n) is 5.56. The zero-order chi connectivity index (χ0) is 13.6. The Hall–Kier alpha value is -1.32. The van der Waals surface area contributed by atoms with Gasteiger partial charge in [0, 0.05) is 0 Å². The Balaban J connectivity index is 1.98. The Labute approximate surface area is 112 Å². The van der Waals surface area contributed by atoms with E-state index in [1.54, 1.807) is 0 Å². The first-order chi connectivity index (χ1) is 9.09. The Bertz CT molecular complexity index is 592. The summed E-state index contributed by atoms with van der Waals surface area (Å²) in [6.07, 6.45) is -0.267. The molecule has 1 saturated heterocycles. The molecule has 1 unspecified atom stereocenters. The molecule has 1 aliphatic rings. The summed E-state index contributed by atoms with van der Waals surface area (Å²) in [5, 5.41) is 29.0. The summed E-state index contributed by atoms with van der Waals surface area (Å²) >= 11 is 5.50. The molecule has 3 rings (SSSR count). The van der Waals surface area contributed by atoms with Crippen LogP contribution in [0.2, 0.25) is 0 Å². The standard InChI is InChI=1S/C10H11ClN4O4/c11-8(18)7-5(16)6(17)10(19-7)15-3-14-4-1-12-2-13-9(4)15/h1-3,5-8,10,16-18H/t5-,6+,7-,8?,10+/m0/s1. The van der Waals surface area contributed by atoms with Crippen molar-refractivity contribution in [1.29, 1.82) is 0 Å². The minimum absolute atomic E-state index is 0.455. The molecule has 5 atom stereocenters. The maximum atomic E-state index is 9.97. The number of aliphatic hydroxyl groups excluding tert-OH is 3. The van der Waals surface area contributed by atoms with Crippen molar-refractivity contribution >= 4 is 22.8 Å². The molecule has 0 spiro atoms. The molecule has 0 aromatic carbocycles. The van der Waals surface area contributed by atoms with E-state index in [0.29, 0.717) is 11.2 Å². The smallest absolute Gasteiger partial charge is 0.165 e. The molecule has 3 N–H and O–H groups in total. The van der Waals surface area contributed by atoms with E-state index < -0.39 is 30.1 Å². The molecule has 9 heteroatoms. The molecule has 2 aromatic rings. The normalized spacial score (nSPS) is 32.8. The maximum Gasteiger partial charge on any atom is 0.165 e. The minimum Gasteiger partial charge on any atom is -0.387 e. The highest BCUT2D eigenvalue weighted by Gasteiger charge is 2.46. The van der Waals surface area contributed by atoms with E-state index in [4.69, 9.17) is 16.3 Å². The zero-order valence-corrected chi connectivity index (χ0v) is 10.3. The van der Waals surface area contributed by atoms with Gasteiger partial charge in [-0.3, -0.25) is 4.57 Å². The Morgan fingerprint density at radius 1 is 1.32 bits per heavy atom. The SMILES string of the molecule is OC(Cl)[C@H]1O[C@@H](n2cnc3cncnc32)[C@H](O)[C@@H]1O. The largest absolute Gasteiger partial charge is 0.387 e. The molecule has 3 heterocycles. The van der Waals surface area contributed by atoms with Crippen molar-refractivity contribution in [2.45, 2.75) is 30.1 Å². The number of nitrogens with zero attached hydrogens (tertiary/aromatic N) is 4. The topological polar surface area (TPSA) is 114 Å². The second kappa shape index (κ2) is 4.66. The third-order valence-electron chi connectivity index (χ3n) is 3.06. The van der Waals surface area contributed by atoms with Gasteiger partial charge in [-0.1, -0.05) is 11.6 Å². The molecule has 0 bridgehead atoms. The lowest BCUT2D eigenvalue weighted by Crippen LogP contribution is -2.36. The predicted octanol–water partition coefficient (Wildman–Crippen LogP) is -0.997. The fraction of sp³-hybridized carbons (Fsp3) is 0.500. The van der Waals surface area contributed by atoms with E-state index in [-0.39, 0.29) is 0 Å². The zero-order valence-electron chi connectivity index (χ0n) is 9.54. The van der Waals surface area contributed by atoms with E-state index in [0.717, 1.165) is 0 Å². The van der Waals surface area contributed by atoms with E-state index in [1.807, 2.05) is 0 Å². The van der Waals surface area contributed by atoms with Gasteiger partial charge >= 0.3 is 0 Å². The molecule has 2 aromatic heterocycles. The van der Waals surface area contributed by atoms with E-state index in [2.05, 4.69) is 15.0 Å². The molecule has 102 valence electrons. The summed E-state index contributed by atoms with van der Waals surface area (Å²) in [5.74, 6) is 0. The molecule has 0 radical (unpaired) electrons. The number of ether oxygens (including phenoxy) is 1. The number of rotatable bonds is 2. The van der Waals surface area contributed by atoms with E-state index >= 15 is 0 Å². The monoisotopic (exact) mass is 286 g/mol. The van der Waals surface area contributed by atoms with Crippen LogP contribution in [0.3, 0.4) is 0 Å². The van der Waals surface area contributed by atoms with Crippen LogP contribution in [0.1, 0.15) is 6.23 Å². The first kappa shape index (κ1) is 12.7. The van der Waals surface area contributed by atoms with Crippen molar-refractivity contribution < 1.29 is 20.1 Å². The van der Waals surface area contributed by atoms with Gasteiger partial charge in [-0.2, -0.15) is 0 Å². The van der Waals surface area contributed by atoms with Crippen LogP contribution < -0.4 is 0 Å². The molecular weight excluding hydrogens is 276 g/mol. The van der Waals surface area contributed by atoms with Crippen LogP contribution in [-0.4, -0.2) is 58.7 Å². The van der Waals surface area contributed by atoms with Crippen molar-refractivity contribution in [3.8, 4) is 0 Å². The lowest BCUT2D eigenvalue weighted by Gasteiger charge is -2.16. The van der Waals surface area contributed by atoms with Gasteiger partial charge in [0.15, 0.2) is 17.4 Å². The Morgan fingerprint density at radius 2 is 2.11 bits per heavy atom. The van der Waals surface area contributed by atoms with Crippen LogP contribution in [0.25, 0.3) is 11.2 Å². The van der Waals surface area contributed by atoms with E-state index in [9.17, 15) is 15.3 Å². The highest BCUT2D eigenvalue weighted by atomic mass is 35.5. The molecule has 0 amide bonds. The maximum absolute atomic E-state index is 9.97. The predicted molar refractivity (Wildman–Crippen MR) is 63.1 cm³/mol. The summed E-state index contributed by atoms with van der Waals surface area (Å²) in [5.41, 5.74) is -0.433. The van der Waals surface area contributed by atoms with Gasteiger partial charge in [-0.15, -0.1) is 0 Å². The summed E-state index contributed by atoms with van der Waals surface area (Å²) in [6, 6.07) is 0. The van der Waals surface area contributed by atoms with Gasteiger partial charge in [0.1, 0.15) is 30.2 Å². The summed E-state index contributed by atoms with van der Waals surface area (Å²) in [7, 11) is 0. The van der Waals surface area contributed by atoms with Gasteiger partial charge in [-0.25, -0.2) is 15.0 Å². The van der Waals surface area contributed by atoms with Crippen LogP contribution in [0.5, 0.6) is 0 Å². The average Bonchev–Trinajstić information content (AvgIpc) is 2.93. The summed E-state index contributed by atoms with van der Waals surface area (Å²) in [6.45, 7) is 0. The highest BCUT2D eigenvalue weighted by molar-refractivity contribution is 6.19. The number of halogens is 1. The van der Waals surface area contributed by atoms with Gasteiger partial charge < -0.3 is 20.1 Å². The Morgan fingerprint density at radius 3 is 2.79 bits per heavy atom. The number of hydrogen-bond donors (Lipinski definition) is 3. The van der Waals surface area contributed by atoms with E-state index in [1.165, 1.54) is 23.4 Å². The van der Waals surface area contributed by atoms with Gasteiger partial charge in [0.2, 0.25) is 0 Å². The highest BCUT2D eigenvalue weighted by Crippen LogP contribution is 2.33. The third-order valence-corrected chi connectivity index (χ3v) is 3.31. The number of hydrogen-bond acceptors (Lipinski definition) is 7. The minimum atomic E-state index is -1.42. The molecule has 0 saturated carbocycles. The number of aromatic nitrogens is 4. The van der Waals surface area contributed by atoms with Gasteiger partial charge in [0.05, 0.1) is 12.5 Å². The lowest BCUT2D eigenvalue weighted by molar-refractivity contribution is -0.0613. The third kappa shape index (κ3) is 1.97. The van der Waals surface area contributed by atoms with Crippen LogP contribution in [0, 0.1) is 0 Å². The van der Waals surface area contributed by atoms with Crippen molar-refractivity contribution in [3.63, 3.8) is 0 Å². The fourth-order valence-corrected chi connectivity index (χ4v) is 2.32.